The third-order valence-corrected chi connectivity index (χ3v) is 6.22. The van der Waals surface area contributed by atoms with Crippen LogP contribution < -0.4 is 5.43 Å². The molecule has 0 saturated carbocycles. The molecule has 8 heteroatoms. The summed E-state index contributed by atoms with van der Waals surface area (Å²) in [6.45, 7) is 0. The van der Waals surface area contributed by atoms with Gasteiger partial charge in [0.25, 0.3) is 5.91 Å². The lowest BCUT2D eigenvalue weighted by atomic mass is 10.1. The van der Waals surface area contributed by atoms with Gasteiger partial charge >= 0.3 is 0 Å². The van der Waals surface area contributed by atoms with E-state index in [0.717, 1.165) is 31.4 Å². The zero-order valence-electron chi connectivity index (χ0n) is 13.7. The summed E-state index contributed by atoms with van der Waals surface area (Å²) >= 11 is 11.2. The number of aromatic amines is 1. The molecule has 2 N–H and O–H groups in total. The molecule has 0 bridgehead atoms. The average molecular weight is 460 g/mol. The number of halogens is 2. The maximum Gasteiger partial charge on any atom is 0.283 e. The second-order valence-corrected chi connectivity index (χ2v) is 7.91. The summed E-state index contributed by atoms with van der Waals surface area (Å²) < 4.78 is 1.79. The molecule has 4 rings (SSSR count). The number of aromatic nitrogens is 2. The van der Waals surface area contributed by atoms with Crippen LogP contribution in [0.5, 0.6) is 0 Å². The maximum atomic E-state index is 12.5. The van der Waals surface area contributed by atoms with E-state index in [1.54, 1.807) is 12.4 Å². The molecule has 5 nitrogen and oxygen atoms in total. The van der Waals surface area contributed by atoms with Gasteiger partial charge in [0.05, 0.1) is 23.1 Å². The number of hydrogen-bond acceptors (Lipinski definition) is 4. The van der Waals surface area contributed by atoms with Crippen LogP contribution >= 0.6 is 38.9 Å². The van der Waals surface area contributed by atoms with Crippen LogP contribution in [0.2, 0.25) is 5.02 Å². The van der Waals surface area contributed by atoms with Crippen LogP contribution in [-0.4, -0.2) is 22.3 Å². The topological polar surface area (TPSA) is 70.1 Å². The molecule has 2 aromatic heterocycles. The van der Waals surface area contributed by atoms with Gasteiger partial charge in [-0.1, -0.05) is 63.9 Å². The Labute approximate surface area is 172 Å². The van der Waals surface area contributed by atoms with E-state index in [4.69, 9.17) is 11.6 Å². The number of carbonyl (C=O) groups is 1. The number of benzene rings is 2. The van der Waals surface area contributed by atoms with Crippen LogP contribution in [-0.2, 0) is 0 Å². The van der Waals surface area contributed by atoms with Crippen molar-refractivity contribution in [2.24, 2.45) is 5.10 Å². The van der Waals surface area contributed by atoms with Crippen LogP contribution in [0.3, 0.4) is 0 Å². The molecule has 4 aromatic rings. The van der Waals surface area contributed by atoms with Gasteiger partial charge < -0.3 is 0 Å². The largest absolute Gasteiger partial charge is 0.283 e. The minimum Gasteiger partial charge on any atom is -0.277 e. The molecule has 0 unspecified atom stereocenters. The number of carbonyl (C=O) groups excluding carboxylic acids is 1. The number of nitrogens with zero attached hydrogens (tertiary/aromatic N) is 2. The molecule has 0 aliphatic carbocycles. The van der Waals surface area contributed by atoms with E-state index in [1.165, 1.54) is 11.3 Å². The second-order valence-electron chi connectivity index (χ2n) is 5.62. The Hall–Kier alpha value is -2.48. The Morgan fingerprint density at radius 2 is 2.04 bits per heavy atom. The van der Waals surface area contributed by atoms with Gasteiger partial charge in [0.1, 0.15) is 4.88 Å². The van der Waals surface area contributed by atoms with Crippen molar-refractivity contribution in [1.29, 1.82) is 0 Å². The highest BCUT2D eigenvalue weighted by molar-refractivity contribution is 9.10. The lowest BCUT2D eigenvalue weighted by Gasteiger charge is -2.00. The molecule has 0 aliphatic rings. The monoisotopic (exact) mass is 458 g/mol. The number of hydrazone groups is 1. The number of amides is 1. The molecule has 0 saturated heterocycles. The van der Waals surface area contributed by atoms with E-state index in [0.29, 0.717) is 9.90 Å². The quantitative estimate of drug-likeness (QED) is 0.314. The zero-order valence-corrected chi connectivity index (χ0v) is 16.9. The molecule has 27 heavy (non-hydrogen) atoms. The molecule has 0 spiro atoms. The summed E-state index contributed by atoms with van der Waals surface area (Å²) in [5, 5.41) is 12.3. The highest BCUT2D eigenvalue weighted by Crippen LogP contribution is 2.39. The van der Waals surface area contributed by atoms with E-state index in [1.807, 2.05) is 48.5 Å². The summed E-state index contributed by atoms with van der Waals surface area (Å²) in [7, 11) is 0. The normalized spacial score (nSPS) is 11.3. The van der Waals surface area contributed by atoms with Crippen LogP contribution in [0.1, 0.15) is 15.2 Å². The van der Waals surface area contributed by atoms with Crippen LogP contribution in [0.25, 0.3) is 21.3 Å². The fourth-order valence-electron chi connectivity index (χ4n) is 2.66. The predicted molar refractivity (Wildman–Crippen MR) is 114 cm³/mol. The number of thiophene rings is 1. The molecule has 0 radical (unpaired) electrons. The van der Waals surface area contributed by atoms with E-state index < -0.39 is 0 Å². The lowest BCUT2D eigenvalue weighted by molar-refractivity contribution is 0.0959. The van der Waals surface area contributed by atoms with Gasteiger partial charge in [0, 0.05) is 25.7 Å². The van der Waals surface area contributed by atoms with Gasteiger partial charge in [-0.3, -0.25) is 9.89 Å². The minimum atomic E-state index is -0.353. The van der Waals surface area contributed by atoms with Gasteiger partial charge in [0.15, 0.2) is 0 Å². The first kappa shape index (κ1) is 17.9. The van der Waals surface area contributed by atoms with Crippen molar-refractivity contribution in [3.05, 3.63) is 74.7 Å². The fraction of sp³-hybridized carbons (Fsp3) is 0. The molecule has 0 aliphatic heterocycles. The Morgan fingerprint density at radius 3 is 2.81 bits per heavy atom. The smallest absolute Gasteiger partial charge is 0.277 e. The van der Waals surface area contributed by atoms with Crippen molar-refractivity contribution in [3.63, 3.8) is 0 Å². The lowest BCUT2D eigenvalue weighted by Crippen LogP contribution is -2.16. The Balaban J connectivity index is 1.55. The highest BCUT2D eigenvalue weighted by Gasteiger charge is 2.18. The number of hydrogen-bond donors (Lipinski definition) is 2. The standard InChI is InChI=1S/C19H12BrClN4OS/c20-13-7-4-8-14-15(13)16(21)18(27-14)19(26)25-23-10-12-9-22-24-17(12)11-5-2-1-3-6-11/h1-10H,(H,22,24)(H,25,26)/b23-10-. The maximum absolute atomic E-state index is 12.5. The number of H-pyrrole nitrogens is 1. The predicted octanol–water partition coefficient (Wildman–Crippen LogP) is 5.47. The van der Waals surface area contributed by atoms with E-state index >= 15 is 0 Å². The van der Waals surface area contributed by atoms with Crippen molar-refractivity contribution >= 4 is 61.1 Å². The van der Waals surface area contributed by atoms with Crippen molar-refractivity contribution in [1.82, 2.24) is 15.6 Å². The number of rotatable bonds is 4. The van der Waals surface area contributed by atoms with Gasteiger partial charge in [-0.25, -0.2) is 5.43 Å². The number of nitrogens with one attached hydrogen (secondary N) is 2. The Morgan fingerprint density at radius 1 is 1.22 bits per heavy atom. The highest BCUT2D eigenvalue weighted by atomic mass is 79.9. The Bertz CT molecular complexity index is 1150. The third kappa shape index (κ3) is 3.53. The summed E-state index contributed by atoms with van der Waals surface area (Å²) in [6, 6.07) is 15.5. The van der Waals surface area contributed by atoms with E-state index in [2.05, 4.69) is 36.7 Å². The third-order valence-electron chi connectivity index (χ3n) is 3.91. The molecule has 0 atom stereocenters. The summed E-state index contributed by atoms with van der Waals surface area (Å²) in [6.07, 6.45) is 3.21. The van der Waals surface area contributed by atoms with Gasteiger partial charge in [0.2, 0.25) is 0 Å². The van der Waals surface area contributed by atoms with E-state index in [-0.39, 0.29) is 5.91 Å². The molecule has 134 valence electrons. The van der Waals surface area contributed by atoms with E-state index in [9.17, 15) is 4.79 Å². The molecule has 2 heterocycles. The number of fused-ring (bicyclic) bond motifs is 1. The van der Waals surface area contributed by atoms with Gasteiger partial charge in [-0.2, -0.15) is 10.2 Å². The van der Waals surface area contributed by atoms with Crippen LogP contribution in [0, 0.1) is 0 Å². The van der Waals surface area contributed by atoms with Gasteiger partial charge in [-0.05, 0) is 12.1 Å². The fourth-order valence-corrected chi connectivity index (χ4v) is 4.94. The molecule has 2 aromatic carbocycles. The summed E-state index contributed by atoms with van der Waals surface area (Å²) in [5.74, 6) is -0.353. The Kier molecular flexibility index (Phi) is 5.07. The first-order chi connectivity index (χ1) is 13.1. The van der Waals surface area contributed by atoms with Crippen molar-refractivity contribution in [2.75, 3.05) is 0 Å². The van der Waals surface area contributed by atoms with Crippen LogP contribution in [0.4, 0.5) is 0 Å². The molecular weight excluding hydrogens is 448 g/mol. The van der Waals surface area contributed by atoms with Gasteiger partial charge in [-0.15, -0.1) is 11.3 Å². The van der Waals surface area contributed by atoms with Crippen molar-refractivity contribution < 1.29 is 4.79 Å². The molecule has 1 amide bonds. The first-order valence-corrected chi connectivity index (χ1v) is 9.92. The van der Waals surface area contributed by atoms with Crippen molar-refractivity contribution in [3.8, 4) is 11.3 Å². The summed E-state index contributed by atoms with van der Waals surface area (Å²) in [4.78, 5) is 12.9. The first-order valence-electron chi connectivity index (χ1n) is 7.94. The SMILES string of the molecule is O=C(N/N=C\c1cn[nH]c1-c1ccccc1)c1sc2cccc(Br)c2c1Cl. The van der Waals surface area contributed by atoms with Crippen molar-refractivity contribution in [2.45, 2.75) is 0 Å². The van der Waals surface area contributed by atoms with Crippen LogP contribution in [0.15, 0.2) is 64.3 Å². The minimum absolute atomic E-state index is 0.353. The average Bonchev–Trinajstić information content (AvgIpc) is 3.28. The molecular formula is C19H12BrClN4OS. The zero-order chi connectivity index (χ0) is 18.8. The second kappa shape index (κ2) is 7.64. The summed E-state index contributed by atoms with van der Waals surface area (Å²) in [5.41, 5.74) is 5.12. The molecule has 0 fully saturated rings.